The van der Waals surface area contributed by atoms with Crippen LogP contribution in [0.25, 0.3) is 0 Å². The molecular formula is C20H19N5O3. The zero-order valence-corrected chi connectivity index (χ0v) is 15.3. The van der Waals surface area contributed by atoms with E-state index in [0.717, 1.165) is 17.0 Å². The van der Waals surface area contributed by atoms with Crippen molar-refractivity contribution in [2.75, 3.05) is 19.0 Å². The molecule has 2 amide bonds. The quantitative estimate of drug-likeness (QED) is 0.684. The number of benzene rings is 1. The van der Waals surface area contributed by atoms with E-state index in [1.165, 1.54) is 7.11 Å². The minimum atomic E-state index is -0.420. The van der Waals surface area contributed by atoms with Crippen LogP contribution in [-0.4, -0.2) is 45.5 Å². The topological polar surface area (TPSA) is 100 Å². The molecule has 1 aliphatic heterocycles. The number of amides is 2. The van der Waals surface area contributed by atoms with Gasteiger partial charge in [0.05, 0.1) is 24.7 Å². The van der Waals surface area contributed by atoms with E-state index in [9.17, 15) is 9.59 Å². The molecule has 0 unspecified atom stereocenters. The maximum atomic E-state index is 13.0. The van der Waals surface area contributed by atoms with Crippen LogP contribution in [0.4, 0.5) is 10.5 Å². The second-order valence-electron chi connectivity index (χ2n) is 6.40. The SMILES string of the molecule is COC(=O)c1ccc(NC(=O)N2CCc3[nH]cnc3[C@@H]2c2cccnc2)cc1. The lowest BCUT2D eigenvalue weighted by Gasteiger charge is -2.35. The maximum Gasteiger partial charge on any atom is 0.337 e. The number of methoxy groups -OCH3 is 1. The van der Waals surface area contributed by atoms with Gasteiger partial charge in [-0.25, -0.2) is 14.6 Å². The highest BCUT2D eigenvalue weighted by atomic mass is 16.5. The number of aromatic amines is 1. The molecule has 1 aromatic carbocycles. The van der Waals surface area contributed by atoms with Gasteiger partial charge in [-0.05, 0) is 35.9 Å². The van der Waals surface area contributed by atoms with E-state index in [1.807, 2.05) is 12.1 Å². The van der Waals surface area contributed by atoms with Crippen molar-refractivity contribution < 1.29 is 14.3 Å². The molecule has 0 radical (unpaired) electrons. The molecule has 1 atom stereocenters. The number of aromatic nitrogens is 3. The molecule has 0 spiro atoms. The van der Waals surface area contributed by atoms with Gasteiger partial charge in [-0.3, -0.25) is 4.98 Å². The number of carbonyl (C=O) groups is 2. The molecule has 3 aromatic rings. The summed E-state index contributed by atoms with van der Waals surface area (Å²) < 4.78 is 4.69. The third-order valence-corrected chi connectivity index (χ3v) is 4.74. The minimum Gasteiger partial charge on any atom is -0.465 e. The molecule has 0 saturated heterocycles. The summed E-state index contributed by atoms with van der Waals surface area (Å²) in [5.41, 5.74) is 3.77. The number of hydrogen-bond donors (Lipinski definition) is 2. The summed E-state index contributed by atoms with van der Waals surface area (Å²) in [4.78, 5) is 38.1. The van der Waals surface area contributed by atoms with E-state index in [1.54, 1.807) is 47.9 Å². The lowest BCUT2D eigenvalue weighted by molar-refractivity contribution is 0.0600. The number of fused-ring (bicyclic) bond motifs is 1. The Morgan fingerprint density at radius 3 is 2.79 bits per heavy atom. The Morgan fingerprint density at radius 2 is 2.07 bits per heavy atom. The van der Waals surface area contributed by atoms with E-state index in [-0.39, 0.29) is 12.1 Å². The predicted molar refractivity (Wildman–Crippen MR) is 102 cm³/mol. The van der Waals surface area contributed by atoms with E-state index >= 15 is 0 Å². The van der Waals surface area contributed by atoms with Crippen LogP contribution in [0.15, 0.2) is 55.1 Å². The van der Waals surface area contributed by atoms with Crippen LogP contribution in [0, 0.1) is 0 Å². The number of pyridine rings is 1. The summed E-state index contributed by atoms with van der Waals surface area (Å²) in [6.07, 6.45) is 5.80. The van der Waals surface area contributed by atoms with Gasteiger partial charge in [0.15, 0.2) is 0 Å². The number of nitrogens with zero attached hydrogens (tertiary/aromatic N) is 3. The van der Waals surface area contributed by atoms with Crippen LogP contribution in [0.2, 0.25) is 0 Å². The average molecular weight is 377 g/mol. The predicted octanol–water partition coefficient (Wildman–Crippen LogP) is 2.77. The molecule has 3 heterocycles. The normalized spacial score (nSPS) is 15.6. The van der Waals surface area contributed by atoms with Crippen molar-refractivity contribution in [1.82, 2.24) is 19.9 Å². The van der Waals surface area contributed by atoms with Crippen LogP contribution >= 0.6 is 0 Å². The van der Waals surface area contributed by atoms with Crippen molar-refractivity contribution in [2.45, 2.75) is 12.5 Å². The molecule has 2 aromatic heterocycles. The molecule has 28 heavy (non-hydrogen) atoms. The van der Waals surface area contributed by atoms with Gasteiger partial charge in [0.25, 0.3) is 0 Å². The molecule has 0 saturated carbocycles. The largest absolute Gasteiger partial charge is 0.465 e. The average Bonchev–Trinajstić information content (AvgIpc) is 3.22. The third-order valence-electron chi connectivity index (χ3n) is 4.74. The van der Waals surface area contributed by atoms with Crippen LogP contribution in [0.3, 0.4) is 0 Å². The van der Waals surface area contributed by atoms with Crippen LogP contribution < -0.4 is 5.32 Å². The minimum absolute atomic E-state index is 0.242. The van der Waals surface area contributed by atoms with E-state index < -0.39 is 5.97 Å². The van der Waals surface area contributed by atoms with Gasteiger partial charge in [0.1, 0.15) is 6.04 Å². The highest BCUT2D eigenvalue weighted by Crippen LogP contribution is 2.33. The van der Waals surface area contributed by atoms with Gasteiger partial charge < -0.3 is 19.9 Å². The summed E-state index contributed by atoms with van der Waals surface area (Å²) >= 11 is 0. The van der Waals surface area contributed by atoms with Crippen molar-refractivity contribution in [3.8, 4) is 0 Å². The number of carbonyl (C=O) groups excluding carboxylic acids is 2. The summed E-state index contributed by atoms with van der Waals surface area (Å²) in [5, 5.41) is 2.90. The molecule has 0 bridgehead atoms. The van der Waals surface area contributed by atoms with Crippen molar-refractivity contribution >= 4 is 17.7 Å². The molecule has 0 fully saturated rings. The molecule has 0 aliphatic carbocycles. The standard InChI is InChI=1S/C20H19N5O3/c1-28-19(26)13-4-6-15(7-5-13)24-20(27)25-10-8-16-17(23-12-22-16)18(25)14-3-2-9-21-11-14/h2-7,9,11-12,18H,8,10H2,1H3,(H,22,23)(H,24,27)/t18-/m0/s1. The Hall–Kier alpha value is -3.68. The van der Waals surface area contributed by atoms with Gasteiger partial charge in [0, 0.05) is 36.7 Å². The number of anilines is 1. The Labute approximate surface area is 161 Å². The summed E-state index contributed by atoms with van der Waals surface area (Å²) in [7, 11) is 1.33. The van der Waals surface area contributed by atoms with Crippen LogP contribution in [0.1, 0.15) is 33.4 Å². The number of urea groups is 1. The Kier molecular flexibility index (Phi) is 4.76. The molecule has 1 aliphatic rings. The number of imidazole rings is 1. The number of hydrogen-bond acceptors (Lipinski definition) is 5. The van der Waals surface area contributed by atoms with E-state index in [0.29, 0.717) is 24.2 Å². The van der Waals surface area contributed by atoms with Gasteiger partial charge in [0.2, 0.25) is 0 Å². The monoisotopic (exact) mass is 377 g/mol. The second kappa shape index (κ2) is 7.51. The maximum absolute atomic E-state index is 13.0. The smallest absolute Gasteiger partial charge is 0.337 e. The van der Waals surface area contributed by atoms with Crippen molar-refractivity contribution in [1.29, 1.82) is 0 Å². The zero-order valence-electron chi connectivity index (χ0n) is 15.3. The first-order valence-corrected chi connectivity index (χ1v) is 8.85. The van der Waals surface area contributed by atoms with Gasteiger partial charge in [-0.2, -0.15) is 0 Å². The van der Waals surface area contributed by atoms with E-state index in [2.05, 4.69) is 20.3 Å². The fourth-order valence-corrected chi connectivity index (χ4v) is 3.37. The first kappa shape index (κ1) is 17.7. The van der Waals surface area contributed by atoms with Gasteiger partial charge in [-0.1, -0.05) is 6.07 Å². The second-order valence-corrected chi connectivity index (χ2v) is 6.40. The number of nitrogens with one attached hydrogen (secondary N) is 2. The third kappa shape index (κ3) is 3.32. The van der Waals surface area contributed by atoms with Crippen molar-refractivity contribution in [3.63, 3.8) is 0 Å². The highest BCUT2D eigenvalue weighted by molar-refractivity contribution is 5.92. The number of ether oxygens (including phenoxy) is 1. The first-order chi connectivity index (χ1) is 13.7. The van der Waals surface area contributed by atoms with E-state index in [4.69, 9.17) is 4.74 Å². The van der Waals surface area contributed by atoms with Gasteiger partial charge >= 0.3 is 12.0 Å². The fourth-order valence-electron chi connectivity index (χ4n) is 3.37. The number of rotatable bonds is 3. The molecule has 2 N–H and O–H groups in total. The fraction of sp³-hybridized carbons (Fsp3) is 0.200. The molecule has 142 valence electrons. The van der Waals surface area contributed by atoms with Crippen molar-refractivity contribution in [3.05, 3.63) is 77.6 Å². The van der Waals surface area contributed by atoms with Crippen LogP contribution in [-0.2, 0) is 11.2 Å². The summed E-state index contributed by atoms with van der Waals surface area (Å²) in [5.74, 6) is -0.420. The van der Waals surface area contributed by atoms with Crippen LogP contribution in [0.5, 0.6) is 0 Å². The summed E-state index contributed by atoms with van der Waals surface area (Å²) in [6, 6.07) is 9.79. The molecule has 8 heteroatoms. The first-order valence-electron chi connectivity index (χ1n) is 8.85. The van der Waals surface area contributed by atoms with Gasteiger partial charge in [-0.15, -0.1) is 0 Å². The molecule has 4 rings (SSSR count). The lowest BCUT2D eigenvalue weighted by atomic mass is 9.97. The molecule has 8 nitrogen and oxygen atoms in total. The Balaban J connectivity index is 1.58. The lowest BCUT2D eigenvalue weighted by Crippen LogP contribution is -2.43. The highest BCUT2D eigenvalue weighted by Gasteiger charge is 2.34. The Bertz CT molecular complexity index is 985. The summed E-state index contributed by atoms with van der Waals surface area (Å²) in [6.45, 7) is 0.542. The number of esters is 1. The van der Waals surface area contributed by atoms with Crippen molar-refractivity contribution in [2.24, 2.45) is 0 Å². The Morgan fingerprint density at radius 1 is 1.25 bits per heavy atom. The molecular weight excluding hydrogens is 358 g/mol. The zero-order chi connectivity index (χ0) is 19.5. The number of H-pyrrole nitrogens is 1.